The molecule has 0 aromatic carbocycles. The highest BCUT2D eigenvalue weighted by Gasteiger charge is 2.40. The molecule has 1 saturated heterocycles. The summed E-state index contributed by atoms with van der Waals surface area (Å²) in [7, 11) is -3.08. The average Bonchev–Trinajstić information content (AvgIpc) is 3.16. The third-order valence-corrected chi connectivity index (χ3v) is 7.17. The van der Waals surface area contributed by atoms with Crippen LogP contribution in [-0.2, 0) is 16.4 Å². The fourth-order valence-electron chi connectivity index (χ4n) is 3.01. The lowest BCUT2D eigenvalue weighted by molar-refractivity contribution is 0.353. The van der Waals surface area contributed by atoms with Crippen LogP contribution in [0.5, 0.6) is 0 Å². The van der Waals surface area contributed by atoms with Gasteiger partial charge in [0.15, 0.2) is 21.6 Å². The Hall–Kier alpha value is -1.69. The fraction of sp³-hybridized carbons (Fsp3) is 0.500. The van der Waals surface area contributed by atoms with Gasteiger partial charge < -0.3 is 10.2 Å². The molecule has 1 fully saturated rings. The number of halogens is 1. The zero-order valence-electron chi connectivity index (χ0n) is 16.4. The molecule has 0 amide bonds. The number of hydrogen-bond donors (Lipinski definition) is 1. The molecule has 2 aromatic heterocycles. The summed E-state index contributed by atoms with van der Waals surface area (Å²) in [5.74, 6) is 1.61. The van der Waals surface area contributed by atoms with Gasteiger partial charge >= 0.3 is 0 Å². The van der Waals surface area contributed by atoms with Gasteiger partial charge in [-0.3, -0.25) is 0 Å². The number of hydrogen-bond acceptors (Lipinski definition) is 5. The van der Waals surface area contributed by atoms with Crippen molar-refractivity contribution in [2.45, 2.75) is 32.1 Å². The summed E-state index contributed by atoms with van der Waals surface area (Å²) in [4.78, 5) is 11.1. The van der Waals surface area contributed by atoms with Crippen molar-refractivity contribution < 1.29 is 8.42 Å². The Labute approximate surface area is 183 Å². The molecule has 0 bridgehead atoms. The summed E-state index contributed by atoms with van der Waals surface area (Å²) < 4.78 is 25.4. The van der Waals surface area contributed by atoms with E-state index in [1.54, 1.807) is 30.9 Å². The van der Waals surface area contributed by atoms with Gasteiger partial charge in [-0.15, -0.1) is 24.0 Å². The molecule has 1 aliphatic heterocycles. The molecule has 8 nitrogen and oxygen atoms in total. The first-order chi connectivity index (χ1) is 12.8. The van der Waals surface area contributed by atoms with Gasteiger partial charge in [-0.25, -0.2) is 23.1 Å². The lowest BCUT2D eigenvalue weighted by atomic mass is 10.2. The van der Waals surface area contributed by atoms with E-state index in [1.165, 1.54) is 0 Å². The van der Waals surface area contributed by atoms with Gasteiger partial charge in [-0.2, -0.15) is 5.10 Å². The van der Waals surface area contributed by atoms with Crippen LogP contribution in [0.1, 0.15) is 26.3 Å². The minimum absolute atomic E-state index is 0. The highest BCUT2D eigenvalue weighted by Crippen LogP contribution is 2.23. The summed E-state index contributed by atoms with van der Waals surface area (Å²) >= 11 is 0. The predicted octanol–water partition coefficient (Wildman–Crippen LogP) is 1.86. The van der Waals surface area contributed by atoms with E-state index >= 15 is 0 Å². The van der Waals surface area contributed by atoms with Crippen LogP contribution < -0.4 is 5.32 Å². The van der Waals surface area contributed by atoms with Crippen LogP contribution in [0.4, 0.5) is 0 Å². The Balaban J connectivity index is 0.00000280. The molecule has 2 aromatic rings. The maximum absolute atomic E-state index is 12.3. The monoisotopic (exact) mass is 518 g/mol. The smallest absolute Gasteiger partial charge is 0.194 e. The number of aromatic nitrogens is 3. The van der Waals surface area contributed by atoms with Crippen molar-refractivity contribution in [1.29, 1.82) is 0 Å². The predicted molar refractivity (Wildman–Crippen MR) is 121 cm³/mol. The van der Waals surface area contributed by atoms with Crippen LogP contribution in [-0.4, -0.2) is 64.2 Å². The number of aliphatic imine (C=N–C) groups is 1. The van der Waals surface area contributed by atoms with Crippen LogP contribution in [0.15, 0.2) is 41.8 Å². The van der Waals surface area contributed by atoms with E-state index in [2.05, 4.69) is 15.4 Å². The molecule has 3 heterocycles. The van der Waals surface area contributed by atoms with E-state index < -0.39 is 14.6 Å². The van der Waals surface area contributed by atoms with Gasteiger partial charge in [-0.05, 0) is 44.5 Å². The zero-order chi connectivity index (χ0) is 19.5. The quantitative estimate of drug-likeness (QED) is 0.378. The minimum atomic E-state index is -3.08. The molecule has 1 aliphatic rings. The van der Waals surface area contributed by atoms with E-state index in [4.69, 9.17) is 4.99 Å². The van der Waals surface area contributed by atoms with Crippen LogP contribution >= 0.6 is 24.0 Å². The number of nitrogens with one attached hydrogen (secondary N) is 1. The van der Waals surface area contributed by atoms with E-state index in [1.807, 2.05) is 36.2 Å². The Morgan fingerprint density at radius 1 is 1.36 bits per heavy atom. The average molecular weight is 518 g/mol. The largest absolute Gasteiger partial charge is 0.357 e. The number of guanidine groups is 1. The molecule has 1 N–H and O–H groups in total. The molecule has 3 rings (SSSR count). The zero-order valence-corrected chi connectivity index (χ0v) is 19.5. The molecule has 0 atom stereocenters. The molecular weight excluding hydrogens is 491 g/mol. The standard InChI is InChI=1S/C18H26N6O2S.HI/c1-4-19-17(23-10-11-27(25,26)18(2,3)14-23)21-13-15-6-8-20-16(12-15)24-9-5-7-22-24;/h5-9,12H,4,10-11,13-14H2,1-3H3,(H,19,21);1H. The maximum Gasteiger partial charge on any atom is 0.194 e. The Bertz CT molecular complexity index is 912. The summed E-state index contributed by atoms with van der Waals surface area (Å²) in [6.07, 6.45) is 5.29. The van der Waals surface area contributed by atoms with Gasteiger partial charge in [0.1, 0.15) is 0 Å². The second kappa shape index (κ2) is 9.21. The van der Waals surface area contributed by atoms with Crippen LogP contribution in [0.25, 0.3) is 5.82 Å². The van der Waals surface area contributed by atoms with Crippen molar-refractivity contribution in [3.05, 3.63) is 42.4 Å². The first-order valence-corrected chi connectivity index (χ1v) is 10.7. The molecule has 0 saturated carbocycles. The van der Waals surface area contributed by atoms with E-state index in [9.17, 15) is 8.42 Å². The first-order valence-electron chi connectivity index (χ1n) is 9.03. The second-order valence-electron chi connectivity index (χ2n) is 7.14. The van der Waals surface area contributed by atoms with Crippen molar-refractivity contribution >= 4 is 39.8 Å². The number of rotatable bonds is 4. The van der Waals surface area contributed by atoms with Crippen LogP contribution in [0.3, 0.4) is 0 Å². The van der Waals surface area contributed by atoms with Crippen molar-refractivity contribution in [1.82, 2.24) is 25.0 Å². The minimum Gasteiger partial charge on any atom is -0.357 e. The maximum atomic E-state index is 12.3. The van der Waals surface area contributed by atoms with Crippen molar-refractivity contribution in [2.24, 2.45) is 4.99 Å². The fourth-order valence-corrected chi connectivity index (χ4v) is 4.37. The number of sulfone groups is 1. The topological polar surface area (TPSA) is 92.5 Å². The Morgan fingerprint density at radius 2 is 2.14 bits per heavy atom. The Morgan fingerprint density at radius 3 is 2.79 bits per heavy atom. The molecule has 28 heavy (non-hydrogen) atoms. The van der Waals surface area contributed by atoms with Crippen molar-refractivity contribution in [3.8, 4) is 5.82 Å². The molecule has 10 heteroatoms. The molecule has 0 spiro atoms. The van der Waals surface area contributed by atoms with Gasteiger partial charge in [0.05, 0.1) is 17.0 Å². The summed E-state index contributed by atoms with van der Waals surface area (Å²) in [5, 5.41) is 7.47. The van der Waals surface area contributed by atoms with Crippen molar-refractivity contribution in [2.75, 3.05) is 25.4 Å². The Kier molecular flexibility index (Phi) is 7.43. The highest BCUT2D eigenvalue weighted by atomic mass is 127. The van der Waals surface area contributed by atoms with E-state index in [0.717, 1.165) is 23.9 Å². The third kappa shape index (κ3) is 5.02. The van der Waals surface area contributed by atoms with E-state index in [0.29, 0.717) is 19.6 Å². The second-order valence-corrected chi connectivity index (χ2v) is 9.89. The van der Waals surface area contributed by atoms with Gasteiger partial charge in [0.2, 0.25) is 0 Å². The SMILES string of the molecule is CCNC(=NCc1ccnc(-n2cccn2)c1)N1CCS(=O)(=O)C(C)(C)C1.I. The molecule has 0 unspecified atom stereocenters. The van der Waals surface area contributed by atoms with Crippen LogP contribution in [0, 0.1) is 0 Å². The normalized spacial score (nSPS) is 18.4. The molecule has 154 valence electrons. The van der Waals surface area contributed by atoms with Gasteiger partial charge in [0.25, 0.3) is 0 Å². The highest BCUT2D eigenvalue weighted by molar-refractivity contribution is 14.0. The lowest BCUT2D eigenvalue weighted by Crippen LogP contribution is -2.57. The number of pyridine rings is 1. The molecule has 0 aliphatic carbocycles. The molecule has 0 radical (unpaired) electrons. The van der Waals surface area contributed by atoms with Crippen LogP contribution in [0.2, 0.25) is 0 Å². The molecular formula is C18H27IN6O2S. The van der Waals surface area contributed by atoms with Gasteiger partial charge in [-0.1, -0.05) is 0 Å². The summed E-state index contributed by atoms with van der Waals surface area (Å²) in [5.41, 5.74) is 1.01. The summed E-state index contributed by atoms with van der Waals surface area (Å²) in [6, 6.07) is 5.72. The first kappa shape index (κ1) is 22.6. The van der Waals surface area contributed by atoms with Crippen molar-refractivity contribution in [3.63, 3.8) is 0 Å². The number of nitrogens with zero attached hydrogens (tertiary/aromatic N) is 5. The lowest BCUT2D eigenvalue weighted by Gasteiger charge is -2.39. The van der Waals surface area contributed by atoms with E-state index in [-0.39, 0.29) is 29.7 Å². The van der Waals surface area contributed by atoms with Gasteiger partial charge in [0, 0.05) is 38.2 Å². The summed E-state index contributed by atoms with van der Waals surface area (Å²) in [6.45, 7) is 7.63. The third-order valence-electron chi connectivity index (χ3n) is 4.64.